The van der Waals surface area contributed by atoms with Crippen molar-refractivity contribution >= 4 is 28.1 Å². The molecule has 2 aliphatic rings. The Morgan fingerprint density at radius 2 is 2.09 bits per heavy atom. The van der Waals surface area contributed by atoms with Crippen molar-refractivity contribution in [2.24, 2.45) is 5.92 Å². The zero-order chi connectivity index (χ0) is 15.9. The summed E-state index contributed by atoms with van der Waals surface area (Å²) in [5.74, 6) is 0.363. The summed E-state index contributed by atoms with van der Waals surface area (Å²) in [7, 11) is -3.59. The summed E-state index contributed by atoms with van der Waals surface area (Å²) in [4.78, 5) is 10.4. The van der Waals surface area contributed by atoms with Crippen molar-refractivity contribution in [2.75, 3.05) is 19.6 Å². The molecular weight excluding hydrogens is 342 g/mol. The number of sulfonamides is 1. The van der Waals surface area contributed by atoms with E-state index in [0.29, 0.717) is 30.6 Å². The Hall–Kier alpha value is -1.22. The molecule has 1 aromatic carbocycles. The van der Waals surface area contributed by atoms with Gasteiger partial charge in [-0.3, -0.25) is 10.1 Å². The number of nitro benzene ring substituents is 1. The number of hydrogen-bond acceptors (Lipinski definition) is 5. The van der Waals surface area contributed by atoms with Crippen LogP contribution in [0.25, 0.3) is 0 Å². The average Bonchev–Trinajstić information content (AvgIpc) is 2.94. The summed E-state index contributed by atoms with van der Waals surface area (Å²) in [6.07, 6.45) is 1.81. The molecule has 2 heterocycles. The lowest BCUT2D eigenvalue weighted by Crippen LogP contribution is -2.46. The van der Waals surface area contributed by atoms with Gasteiger partial charge in [-0.05, 0) is 43.9 Å². The normalized spacial score (nSPS) is 24.7. The minimum atomic E-state index is -3.59. The van der Waals surface area contributed by atoms with E-state index >= 15 is 0 Å². The molecule has 0 spiro atoms. The first-order valence-corrected chi connectivity index (χ1v) is 8.82. The predicted molar refractivity (Wildman–Crippen MR) is 88.4 cm³/mol. The van der Waals surface area contributed by atoms with Crippen molar-refractivity contribution in [3.05, 3.63) is 33.9 Å². The van der Waals surface area contributed by atoms with Gasteiger partial charge in [-0.1, -0.05) is 0 Å². The Balaban J connectivity index is 0.00000192. The SMILES string of the molecule is Cc1cc([N+](=O)[O-])ccc1S(=O)(=O)N1CCC2NCCC2C1.Cl. The van der Waals surface area contributed by atoms with E-state index in [-0.39, 0.29) is 23.0 Å². The molecule has 2 saturated heterocycles. The van der Waals surface area contributed by atoms with Gasteiger partial charge in [0.2, 0.25) is 10.0 Å². The highest BCUT2D eigenvalue weighted by molar-refractivity contribution is 7.89. The van der Waals surface area contributed by atoms with Crippen LogP contribution in [0.3, 0.4) is 0 Å². The quantitative estimate of drug-likeness (QED) is 0.653. The molecule has 0 aliphatic carbocycles. The van der Waals surface area contributed by atoms with Crippen molar-refractivity contribution in [3.63, 3.8) is 0 Å². The number of rotatable bonds is 3. The largest absolute Gasteiger partial charge is 0.314 e. The molecule has 0 aromatic heterocycles. The van der Waals surface area contributed by atoms with E-state index in [2.05, 4.69) is 5.32 Å². The first kappa shape index (κ1) is 18.1. The van der Waals surface area contributed by atoms with Crippen LogP contribution in [0.1, 0.15) is 18.4 Å². The second kappa shape index (κ2) is 6.72. The Bertz CT molecular complexity index is 710. The average molecular weight is 362 g/mol. The molecule has 0 radical (unpaired) electrons. The lowest BCUT2D eigenvalue weighted by molar-refractivity contribution is -0.385. The highest BCUT2D eigenvalue weighted by Crippen LogP contribution is 2.30. The maximum Gasteiger partial charge on any atom is 0.269 e. The minimum Gasteiger partial charge on any atom is -0.314 e. The molecule has 2 fully saturated rings. The minimum absolute atomic E-state index is 0. The first-order valence-electron chi connectivity index (χ1n) is 7.38. The molecular formula is C14H20ClN3O4S. The highest BCUT2D eigenvalue weighted by Gasteiger charge is 2.38. The number of benzene rings is 1. The Kier molecular flexibility index (Phi) is 5.30. The van der Waals surface area contributed by atoms with Crippen molar-refractivity contribution in [2.45, 2.75) is 30.7 Å². The molecule has 1 N–H and O–H groups in total. The van der Waals surface area contributed by atoms with E-state index < -0.39 is 14.9 Å². The molecule has 2 aliphatic heterocycles. The molecule has 9 heteroatoms. The van der Waals surface area contributed by atoms with Gasteiger partial charge in [0.1, 0.15) is 0 Å². The number of halogens is 1. The molecule has 23 heavy (non-hydrogen) atoms. The summed E-state index contributed by atoms with van der Waals surface area (Å²) in [5, 5.41) is 14.2. The summed E-state index contributed by atoms with van der Waals surface area (Å²) in [6, 6.07) is 4.34. The van der Waals surface area contributed by atoms with Gasteiger partial charge in [0.25, 0.3) is 5.69 Å². The lowest BCUT2D eigenvalue weighted by atomic mass is 9.95. The van der Waals surface area contributed by atoms with Gasteiger partial charge in [-0.2, -0.15) is 4.31 Å². The van der Waals surface area contributed by atoms with E-state index in [0.717, 1.165) is 19.4 Å². The van der Waals surface area contributed by atoms with Crippen LogP contribution in [0.4, 0.5) is 5.69 Å². The van der Waals surface area contributed by atoms with E-state index in [9.17, 15) is 18.5 Å². The first-order chi connectivity index (χ1) is 10.4. The maximum absolute atomic E-state index is 12.8. The van der Waals surface area contributed by atoms with Gasteiger partial charge in [0.05, 0.1) is 9.82 Å². The number of non-ortho nitro benzene ring substituents is 1. The van der Waals surface area contributed by atoms with Crippen LogP contribution in [0.5, 0.6) is 0 Å². The molecule has 128 valence electrons. The van der Waals surface area contributed by atoms with Crippen molar-refractivity contribution in [1.29, 1.82) is 0 Å². The molecule has 0 saturated carbocycles. The summed E-state index contributed by atoms with van der Waals surface area (Å²) in [5.41, 5.74) is 0.330. The van der Waals surface area contributed by atoms with E-state index in [4.69, 9.17) is 0 Å². The molecule has 7 nitrogen and oxygen atoms in total. The third kappa shape index (κ3) is 3.35. The fourth-order valence-electron chi connectivity index (χ4n) is 3.41. The monoisotopic (exact) mass is 361 g/mol. The molecule has 3 rings (SSSR count). The molecule has 0 amide bonds. The van der Waals surface area contributed by atoms with E-state index in [1.165, 1.54) is 22.5 Å². The Labute approximate surface area is 141 Å². The zero-order valence-electron chi connectivity index (χ0n) is 12.8. The van der Waals surface area contributed by atoms with Crippen LogP contribution in [0.2, 0.25) is 0 Å². The predicted octanol–water partition coefficient (Wildman–Crippen LogP) is 1.70. The van der Waals surface area contributed by atoms with Crippen molar-refractivity contribution in [3.8, 4) is 0 Å². The standard InChI is InChI=1S/C14H19N3O4S.ClH/c1-10-8-12(17(18)19)2-3-14(10)22(20,21)16-7-5-13-11(9-16)4-6-15-13;/h2-3,8,11,13,15H,4-7,9H2,1H3;1H. The third-order valence-corrected chi connectivity index (χ3v) is 6.63. The number of nitrogens with one attached hydrogen (secondary N) is 1. The Morgan fingerprint density at radius 1 is 1.35 bits per heavy atom. The number of hydrogen-bond donors (Lipinski definition) is 1. The number of nitro groups is 1. The van der Waals surface area contributed by atoms with Crippen molar-refractivity contribution < 1.29 is 13.3 Å². The third-order valence-electron chi connectivity index (χ3n) is 4.61. The molecule has 2 atom stereocenters. The summed E-state index contributed by atoms with van der Waals surface area (Å²) < 4.78 is 27.2. The van der Waals surface area contributed by atoms with Gasteiger partial charge in [0.15, 0.2) is 0 Å². The summed E-state index contributed by atoms with van der Waals surface area (Å²) in [6.45, 7) is 3.56. The number of nitrogens with zero attached hydrogens (tertiary/aromatic N) is 2. The van der Waals surface area contributed by atoms with Crippen LogP contribution >= 0.6 is 12.4 Å². The van der Waals surface area contributed by atoms with Gasteiger partial charge in [0, 0.05) is 31.3 Å². The fraction of sp³-hybridized carbons (Fsp3) is 0.571. The van der Waals surface area contributed by atoms with Crippen LogP contribution in [-0.4, -0.2) is 43.3 Å². The van der Waals surface area contributed by atoms with Gasteiger partial charge >= 0.3 is 0 Å². The van der Waals surface area contributed by atoms with Crippen LogP contribution in [0.15, 0.2) is 23.1 Å². The lowest BCUT2D eigenvalue weighted by Gasteiger charge is -2.34. The second-order valence-corrected chi connectivity index (χ2v) is 7.87. The number of piperidine rings is 1. The van der Waals surface area contributed by atoms with Gasteiger partial charge in [-0.25, -0.2) is 8.42 Å². The van der Waals surface area contributed by atoms with Crippen LogP contribution in [0, 0.1) is 23.0 Å². The highest BCUT2D eigenvalue weighted by atomic mass is 35.5. The number of fused-ring (bicyclic) bond motifs is 1. The van der Waals surface area contributed by atoms with Crippen molar-refractivity contribution in [1.82, 2.24) is 9.62 Å². The van der Waals surface area contributed by atoms with Crippen LogP contribution < -0.4 is 5.32 Å². The zero-order valence-corrected chi connectivity index (χ0v) is 14.4. The fourth-order valence-corrected chi connectivity index (χ4v) is 5.13. The maximum atomic E-state index is 12.8. The van der Waals surface area contributed by atoms with Crippen LogP contribution in [-0.2, 0) is 10.0 Å². The van der Waals surface area contributed by atoms with E-state index in [1.54, 1.807) is 6.92 Å². The molecule has 2 unspecified atom stereocenters. The second-order valence-electron chi connectivity index (χ2n) is 5.97. The summed E-state index contributed by atoms with van der Waals surface area (Å²) >= 11 is 0. The smallest absolute Gasteiger partial charge is 0.269 e. The van der Waals surface area contributed by atoms with E-state index in [1.807, 2.05) is 0 Å². The van der Waals surface area contributed by atoms with Gasteiger partial charge in [-0.15, -0.1) is 12.4 Å². The molecule has 1 aromatic rings. The molecule has 0 bridgehead atoms. The number of aryl methyl sites for hydroxylation is 1. The topological polar surface area (TPSA) is 92.5 Å². The Morgan fingerprint density at radius 3 is 2.74 bits per heavy atom. The van der Waals surface area contributed by atoms with Gasteiger partial charge < -0.3 is 5.32 Å².